The predicted octanol–water partition coefficient (Wildman–Crippen LogP) is -0.859. The van der Waals surface area contributed by atoms with Gasteiger partial charge in [0.2, 0.25) is 0 Å². The average Bonchev–Trinajstić information content (AvgIpc) is 2.90. The molecule has 0 spiro atoms. The second-order valence-electron chi connectivity index (χ2n) is 5.22. The molecule has 3 atom stereocenters. The highest BCUT2D eigenvalue weighted by atomic mass is 16.6. The van der Waals surface area contributed by atoms with Crippen LogP contribution >= 0.6 is 0 Å². The van der Waals surface area contributed by atoms with Crippen molar-refractivity contribution in [3.63, 3.8) is 0 Å². The minimum atomic E-state index is -0.714. The van der Waals surface area contributed by atoms with Crippen LogP contribution in [-0.2, 0) is 9.47 Å². The Kier molecular flexibility index (Phi) is 2.84. The van der Waals surface area contributed by atoms with Crippen molar-refractivity contribution in [2.75, 3.05) is 19.8 Å². The smallest absolute Gasteiger partial charge is 0.330 e. The molecule has 0 bridgehead atoms. The lowest BCUT2D eigenvalue weighted by Crippen LogP contribution is -2.40. The molecule has 2 N–H and O–H groups in total. The Morgan fingerprint density at radius 2 is 2.37 bits per heavy atom. The fourth-order valence-corrected chi connectivity index (χ4v) is 2.80. The van der Waals surface area contributed by atoms with E-state index in [4.69, 9.17) is 9.47 Å². The quantitative estimate of drug-likeness (QED) is 0.728. The van der Waals surface area contributed by atoms with Gasteiger partial charge in [-0.15, -0.1) is 0 Å². The van der Waals surface area contributed by atoms with Crippen LogP contribution in [0.1, 0.15) is 18.2 Å². The lowest BCUT2D eigenvalue weighted by molar-refractivity contribution is -0.112. The highest BCUT2D eigenvalue weighted by Crippen LogP contribution is 2.44. The normalized spacial score (nSPS) is 33.6. The van der Waals surface area contributed by atoms with Gasteiger partial charge in [-0.2, -0.15) is 0 Å². The van der Waals surface area contributed by atoms with Gasteiger partial charge in [0.05, 0.1) is 19.8 Å². The predicted molar refractivity (Wildman–Crippen MR) is 64.9 cm³/mol. The standard InChI is InChI=1S/C12H16N2O5/c1-7-3-14(11(17)13-10(7)16)9-2-8-4-18-6-12(8,5-15)19-9/h3,8-9,15H,2,4-6H2,1H3,(H,13,16,17)/t8-,9-,12+/m1/s1. The van der Waals surface area contributed by atoms with Crippen molar-refractivity contribution >= 4 is 0 Å². The second kappa shape index (κ2) is 4.29. The Bertz CT molecular complexity index is 607. The van der Waals surface area contributed by atoms with Gasteiger partial charge in [0.15, 0.2) is 0 Å². The summed E-state index contributed by atoms with van der Waals surface area (Å²) in [6.07, 6.45) is 1.62. The molecule has 0 radical (unpaired) electrons. The van der Waals surface area contributed by atoms with Crippen molar-refractivity contribution < 1.29 is 14.6 Å². The maximum Gasteiger partial charge on any atom is 0.330 e. The molecular weight excluding hydrogens is 252 g/mol. The second-order valence-corrected chi connectivity index (χ2v) is 5.22. The molecule has 2 saturated heterocycles. The number of ether oxygens (including phenoxy) is 2. The van der Waals surface area contributed by atoms with Gasteiger partial charge in [-0.25, -0.2) is 4.79 Å². The minimum absolute atomic E-state index is 0.0710. The van der Waals surface area contributed by atoms with Crippen LogP contribution in [0.5, 0.6) is 0 Å². The van der Waals surface area contributed by atoms with E-state index in [9.17, 15) is 14.7 Å². The van der Waals surface area contributed by atoms with Crippen molar-refractivity contribution in [2.24, 2.45) is 5.92 Å². The number of rotatable bonds is 2. The van der Waals surface area contributed by atoms with Gasteiger partial charge >= 0.3 is 5.69 Å². The molecule has 104 valence electrons. The number of aromatic amines is 1. The largest absolute Gasteiger partial charge is 0.393 e. The molecule has 0 aliphatic carbocycles. The maximum atomic E-state index is 11.8. The molecule has 7 nitrogen and oxygen atoms in total. The number of fused-ring (bicyclic) bond motifs is 1. The summed E-state index contributed by atoms with van der Waals surface area (Å²) in [5.74, 6) is 0.0710. The van der Waals surface area contributed by atoms with Gasteiger partial charge in [0.1, 0.15) is 11.8 Å². The number of nitrogens with zero attached hydrogens (tertiary/aromatic N) is 1. The van der Waals surface area contributed by atoms with Crippen LogP contribution in [0.25, 0.3) is 0 Å². The van der Waals surface area contributed by atoms with Crippen LogP contribution in [0.2, 0.25) is 0 Å². The molecule has 3 rings (SSSR count). The van der Waals surface area contributed by atoms with Crippen LogP contribution in [-0.4, -0.2) is 40.1 Å². The van der Waals surface area contributed by atoms with E-state index < -0.39 is 17.5 Å². The number of H-pyrrole nitrogens is 1. The number of aliphatic hydroxyl groups is 1. The fourth-order valence-electron chi connectivity index (χ4n) is 2.80. The van der Waals surface area contributed by atoms with Gasteiger partial charge < -0.3 is 14.6 Å². The first-order valence-electron chi connectivity index (χ1n) is 6.24. The summed E-state index contributed by atoms with van der Waals surface area (Å²) in [7, 11) is 0. The number of nitrogens with one attached hydrogen (secondary N) is 1. The lowest BCUT2D eigenvalue weighted by Gasteiger charge is -2.25. The van der Waals surface area contributed by atoms with Gasteiger partial charge in [-0.1, -0.05) is 0 Å². The van der Waals surface area contributed by atoms with Gasteiger partial charge in [-0.3, -0.25) is 14.3 Å². The van der Waals surface area contributed by atoms with E-state index in [-0.39, 0.29) is 18.1 Å². The van der Waals surface area contributed by atoms with Crippen LogP contribution in [0.4, 0.5) is 0 Å². The number of aliphatic hydroxyl groups excluding tert-OH is 1. The van der Waals surface area contributed by atoms with Crippen molar-refractivity contribution in [3.05, 3.63) is 32.6 Å². The first-order valence-corrected chi connectivity index (χ1v) is 6.24. The van der Waals surface area contributed by atoms with E-state index in [1.54, 1.807) is 6.92 Å². The van der Waals surface area contributed by atoms with Crippen molar-refractivity contribution in [1.82, 2.24) is 9.55 Å². The van der Waals surface area contributed by atoms with Crippen LogP contribution in [0.3, 0.4) is 0 Å². The van der Waals surface area contributed by atoms with E-state index in [1.807, 2.05) is 0 Å². The van der Waals surface area contributed by atoms with Crippen molar-refractivity contribution in [2.45, 2.75) is 25.2 Å². The summed E-state index contributed by atoms with van der Waals surface area (Å²) >= 11 is 0. The van der Waals surface area contributed by atoms with Crippen LogP contribution in [0, 0.1) is 12.8 Å². The molecule has 0 amide bonds. The van der Waals surface area contributed by atoms with Gasteiger partial charge in [0, 0.05) is 24.1 Å². The molecule has 1 aromatic heterocycles. The number of hydrogen-bond acceptors (Lipinski definition) is 5. The van der Waals surface area contributed by atoms with E-state index in [0.29, 0.717) is 25.2 Å². The Labute approximate surface area is 108 Å². The molecule has 0 aromatic carbocycles. The molecule has 19 heavy (non-hydrogen) atoms. The summed E-state index contributed by atoms with van der Waals surface area (Å²) in [6, 6.07) is 0. The first-order chi connectivity index (χ1) is 9.05. The van der Waals surface area contributed by atoms with Crippen molar-refractivity contribution in [3.8, 4) is 0 Å². The monoisotopic (exact) mass is 268 g/mol. The molecule has 0 unspecified atom stereocenters. The zero-order valence-electron chi connectivity index (χ0n) is 10.6. The molecule has 7 heteroatoms. The topological polar surface area (TPSA) is 93.6 Å². The number of aryl methyl sites for hydroxylation is 1. The molecule has 2 aliphatic rings. The summed E-state index contributed by atoms with van der Waals surface area (Å²) < 4.78 is 12.6. The molecule has 1 aromatic rings. The lowest BCUT2D eigenvalue weighted by atomic mass is 9.91. The van der Waals surface area contributed by atoms with E-state index in [1.165, 1.54) is 10.8 Å². The van der Waals surface area contributed by atoms with Gasteiger partial charge in [0.25, 0.3) is 5.56 Å². The molecule has 2 aliphatic heterocycles. The maximum absolute atomic E-state index is 11.8. The fraction of sp³-hybridized carbons (Fsp3) is 0.667. The highest BCUT2D eigenvalue weighted by molar-refractivity contribution is 5.04. The average molecular weight is 268 g/mol. The summed E-state index contributed by atoms with van der Waals surface area (Å²) in [6.45, 7) is 2.36. The Hall–Kier alpha value is -1.44. The van der Waals surface area contributed by atoms with Gasteiger partial charge in [-0.05, 0) is 6.92 Å². The summed E-state index contributed by atoms with van der Waals surface area (Å²) in [4.78, 5) is 25.4. The van der Waals surface area contributed by atoms with E-state index >= 15 is 0 Å². The third kappa shape index (κ3) is 1.85. The van der Waals surface area contributed by atoms with E-state index in [0.717, 1.165) is 0 Å². The Morgan fingerprint density at radius 3 is 3.05 bits per heavy atom. The SMILES string of the molecule is Cc1cn([C@H]2C[C@@H]3COC[C@]3(CO)O2)c(=O)[nH]c1=O. The number of hydrogen-bond donors (Lipinski definition) is 2. The molecule has 0 saturated carbocycles. The molecule has 3 heterocycles. The highest BCUT2D eigenvalue weighted by Gasteiger charge is 2.53. The summed E-state index contributed by atoms with van der Waals surface area (Å²) in [5.41, 5.74) is -1.14. The molecular formula is C12H16N2O5. The Balaban J connectivity index is 1.96. The van der Waals surface area contributed by atoms with Crippen molar-refractivity contribution in [1.29, 1.82) is 0 Å². The zero-order chi connectivity index (χ0) is 13.6. The Morgan fingerprint density at radius 1 is 1.58 bits per heavy atom. The first kappa shape index (κ1) is 12.6. The minimum Gasteiger partial charge on any atom is -0.393 e. The summed E-state index contributed by atoms with van der Waals surface area (Å²) in [5, 5.41) is 9.51. The zero-order valence-corrected chi connectivity index (χ0v) is 10.6. The number of aromatic nitrogens is 2. The third-order valence-corrected chi connectivity index (χ3v) is 3.99. The van der Waals surface area contributed by atoms with Crippen LogP contribution < -0.4 is 11.2 Å². The van der Waals surface area contributed by atoms with Crippen LogP contribution in [0.15, 0.2) is 15.8 Å². The molecule has 2 fully saturated rings. The third-order valence-electron chi connectivity index (χ3n) is 3.99. The van der Waals surface area contributed by atoms with E-state index in [2.05, 4.69) is 4.98 Å².